The third kappa shape index (κ3) is 3.81. The van der Waals surface area contributed by atoms with Crippen LogP contribution in [-0.4, -0.2) is 42.0 Å². The minimum Gasteiger partial charge on any atom is -0.296 e. The molecule has 0 bridgehead atoms. The van der Waals surface area contributed by atoms with Crippen molar-refractivity contribution in [3.8, 4) is 0 Å². The molecule has 0 aromatic heterocycles. The minimum atomic E-state index is -2.18. The second kappa shape index (κ2) is 5.15. The standard InChI is InChI=1S/C9H17F2NS/c1-7(2)8-5-12(3-4-13-8)6-9(10)11/h7-9H,3-6H2,1-2H3. The highest BCUT2D eigenvalue weighted by molar-refractivity contribution is 8.00. The topological polar surface area (TPSA) is 3.24 Å². The predicted octanol–water partition coefficient (Wildman–Crippen LogP) is 2.32. The first-order chi connectivity index (χ1) is 6.09. The molecule has 1 unspecified atom stereocenters. The van der Waals surface area contributed by atoms with Gasteiger partial charge in [0.05, 0.1) is 6.54 Å². The molecular weight excluding hydrogens is 192 g/mol. The zero-order valence-electron chi connectivity index (χ0n) is 8.17. The molecule has 0 spiro atoms. The molecule has 1 rings (SSSR count). The van der Waals surface area contributed by atoms with Crippen molar-refractivity contribution in [1.82, 2.24) is 4.90 Å². The van der Waals surface area contributed by atoms with E-state index in [2.05, 4.69) is 13.8 Å². The van der Waals surface area contributed by atoms with Crippen molar-refractivity contribution in [1.29, 1.82) is 0 Å². The molecule has 1 saturated heterocycles. The molecule has 0 aliphatic carbocycles. The number of hydrogen-bond donors (Lipinski definition) is 0. The molecule has 1 fully saturated rings. The number of halogens is 2. The number of thioether (sulfide) groups is 1. The van der Waals surface area contributed by atoms with Crippen LogP contribution in [0.1, 0.15) is 13.8 Å². The van der Waals surface area contributed by atoms with E-state index in [0.717, 1.165) is 18.8 Å². The van der Waals surface area contributed by atoms with Crippen molar-refractivity contribution in [3.63, 3.8) is 0 Å². The Balaban J connectivity index is 2.33. The lowest BCUT2D eigenvalue weighted by molar-refractivity contribution is 0.0881. The maximum atomic E-state index is 12.1. The molecular formula is C9H17F2NS. The van der Waals surface area contributed by atoms with Gasteiger partial charge in [-0.2, -0.15) is 11.8 Å². The third-order valence-electron chi connectivity index (χ3n) is 2.32. The van der Waals surface area contributed by atoms with E-state index in [0.29, 0.717) is 11.2 Å². The normalized spacial score (nSPS) is 25.8. The molecule has 1 atom stereocenters. The fourth-order valence-electron chi connectivity index (χ4n) is 1.50. The first-order valence-electron chi connectivity index (χ1n) is 4.71. The van der Waals surface area contributed by atoms with Crippen LogP contribution in [0, 0.1) is 5.92 Å². The Kier molecular flexibility index (Phi) is 4.46. The SMILES string of the molecule is CC(C)C1CN(CC(F)F)CCS1. The Labute approximate surface area is 82.9 Å². The van der Waals surface area contributed by atoms with Gasteiger partial charge in [0.2, 0.25) is 0 Å². The Morgan fingerprint density at radius 2 is 2.15 bits per heavy atom. The third-order valence-corrected chi connectivity index (χ3v) is 3.86. The van der Waals surface area contributed by atoms with Crippen LogP contribution in [0.3, 0.4) is 0 Å². The van der Waals surface area contributed by atoms with Gasteiger partial charge in [0.1, 0.15) is 0 Å². The second-order valence-corrected chi connectivity index (χ2v) is 5.15. The lowest BCUT2D eigenvalue weighted by Gasteiger charge is -2.33. The van der Waals surface area contributed by atoms with Gasteiger partial charge in [0.15, 0.2) is 0 Å². The molecule has 4 heteroatoms. The van der Waals surface area contributed by atoms with Gasteiger partial charge in [0.25, 0.3) is 6.43 Å². The fraction of sp³-hybridized carbons (Fsp3) is 1.00. The van der Waals surface area contributed by atoms with Crippen LogP contribution in [0.15, 0.2) is 0 Å². The van der Waals surface area contributed by atoms with Gasteiger partial charge in [0, 0.05) is 24.1 Å². The van der Waals surface area contributed by atoms with Crippen molar-refractivity contribution in [2.75, 3.05) is 25.4 Å². The van der Waals surface area contributed by atoms with Crippen molar-refractivity contribution >= 4 is 11.8 Å². The lowest BCUT2D eigenvalue weighted by Crippen LogP contribution is -2.42. The van der Waals surface area contributed by atoms with E-state index in [1.165, 1.54) is 0 Å². The molecule has 1 nitrogen and oxygen atoms in total. The quantitative estimate of drug-likeness (QED) is 0.702. The van der Waals surface area contributed by atoms with E-state index in [1.54, 1.807) is 0 Å². The lowest BCUT2D eigenvalue weighted by atomic mass is 10.1. The van der Waals surface area contributed by atoms with Crippen LogP contribution in [0.25, 0.3) is 0 Å². The van der Waals surface area contributed by atoms with E-state index in [4.69, 9.17) is 0 Å². The van der Waals surface area contributed by atoms with E-state index in [1.807, 2.05) is 16.7 Å². The zero-order chi connectivity index (χ0) is 9.84. The number of nitrogens with zero attached hydrogens (tertiary/aromatic N) is 1. The highest BCUT2D eigenvalue weighted by atomic mass is 32.2. The van der Waals surface area contributed by atoms with E-state index in [9.17, 15) is 8.78 Å². The largest absolute Gasteiger partial charge is 0.296 e. The highest BCUT2D eigenvalue weighted by Crippen LogP contribution is 2.24. The summed E-state index contributed by atoms with van der Waals surface area (Å²) in [6, 6.07) is 0. The Hall–Kier alpha value is 0.170. The molecule has 0 radical (unpaired) electrons. The maximum Gasteiger partial charge on any atom is 0.251 e. The number of rotatable bonds is 3. The van der Waals surface area contributed by atoms with Crippen LogP contribution in [0.2, 0.25) is 0 Å². The fourth-order valence-corrected chi connectivity index (χ4v) is 2.86. The van der Waals surface area contributed by atoms with Crippen LogP contribution in [-0.2, 0) is 0 Å². The molecule has 1 aliphatic heterocycles. The summed E-state index contributed by atoms with van der Waals surface area (Å²) in [5, 5.41) is 0.535. The van der Waals surface area contributed by atoms with Gasteiger partial charge in [-0.15, -0.1) is 0 Å². The van der Waals surface area contributed by atoms with E-state index in [-0.39, 0.29) is 6.54 Å². The van der Waals surface area contributed by atoms with Gasteiger partial charge < -0.3 is 0 Å². The molecule has 78 valence electrons. The summed E-state index contributed by atoms with van der Waals surface area (Å²) < 4.78 is 24.2. The monoisotopic (exact) mass is 209 g/mol. The van der Waals surface area contributed by atoms with Gasteiger partial charge in [-0.25, -0.2) is 8.78 Å². The molecule has 0 N–H and O–H groups in total. The smallest absolute Gasteiger partial charge is 0.251 e. The first kappa shape index (κ1) is 11.2. The van der Waals surface area contributed by atoms with Crippen molar-refractivity contribution in [2.24, 2.45) is 5.92 Å². The average Bonchev–Trinajstić information content (AvgIpc) is 2.03. The summed E-state index contributed by atoms with van der Waals surface area (Å²) in [6.07, 6.45) is -2.18. The van der Waals surface area contributed by atoms with Crippen molar-refractivity contribution < 1.29 is 8.78 Å². The van der Waals surface area contributed by atoms with Crippen molar-refractivity contribution in [3.05, 3.63) is 0 Å². The van der Waals surface area contributed by atoms with Gasteiger partial charge >= 0.3 is 0 Å². The molecule has 1 aliphatic rings. The van der Waals surface area contributed by atoms with Crippen LogP contribution >= 0.6 is 11.8 Å². The zero-order valence-corrected chi connectivity index (χ0v) is 8.99. The molecule has 0 aromatic rings. The summed E-state index contributed by atoms with van der Waals surface area (Å²) >= 11 is 1.92. The second-order valence-electron chi connectivity index (χ2n) is 3.80. The number of hydrogen-bond acceptors (Lipinski definition) is 2. The van der Waals surface area contributed by atoms with E-state index < -0.39 is 6.43 Å². The van der Waals surface area contributed by atoms with Crippen LogP contribution in [0.5, 0.6) is 0 Å². The molecule has 0 aromatic carbocycles. The molecule has 1 heterocycles. The average molecular weight is 209 g/mol. The molecule has 0 amide bonds. The van der Waals surface area contributed by atoms with Crippen LogP contribution in [0.4, 0.5) is 8.78 Å². The predicted molar refractivity (Wildman–Crippen MR) is 53.5 cm³/mol. The minimum absolute atomic E-state index is 0.0518. The summed E-state index contributed by atoms with van der Waals surface area (Å²) in [6.45, 7) is 5.90. The summed E-state index contributed by atoms with van der Waals surface area (Å²) in [7, 11) is 0. The highest BCUT2D eigenvalue weighted by Gasteiger charge is 2.24. The van der Waals surface area contributed by atoms with Gasteiger partial charge in [-0.05, 0) is 5.92 Å². The van der Waals surface area contributed by atoms with Gasteiger partial charge in [-0.1, -0.05) is 13.8 Å². The Bertz CT molecular complexity index is 153. The molecule has 13 heavy (non-hydrogen) atoms. The number of alkyl halides is 2. The Morgan fingerprint density at radius 1 is 1.46 bits per heavy atom. The van der Waals surface area contributed by atoms with E-state index >= 15 is 0 Å². The Morgan fingerprint density at radius 3 is 2.69 bits per heavy atom. The summed E-state index contributed by atoms with van der Waals surface area (Å²) in [4.78, 5) is 1.88. The van der Waals surface area contributed by atoms with Gasteiger partial charge in [-0.3, -0.25) is 4.90 Å². The maximum absolute atomic E-state index is 12.1. The molecule has 0 saturated carbocycles. The summed E-state index contributed by atoms with van der Waals surface area (Å²) in [5.41, 5.74) is 0. The van der Waals surface area contributed by atoms with Crippen molar-refractivity contribution in [2.45, 2.75) is 25.5 Å². The first-order valence-corrected chi connectivity index (χ1v) is 5.76. The summed E-state index contributed by atoms with van der Waals surface area (Å²) in [5.74, 6) is 1.58. The van der Waals surface area contributed by atoms with Crippen LogP contribution < -0.4 is 0 Å².